The van der Waals surface area contributed by atoms with E-state index in [-0.39, 0.29) is 0 Å². The quantitative estimate of drug-likeness (QED) is 0.515. The van der Waals surface area contributed by atoms with Crippen molar-refractivity contribution in [3.05, 3.63) is 34.0 Å². The molecule has 0 aromatic carbocycles. The van der Waals surface area contributed by atoms with Crippen molar-refractivity contribution < 1.29 is 9.26 Å². The number of aryl methyl sites for hydroxylation is 3. The Balaban J connectivity index is 1.99. The van der Waals surface area contributed by atoms with Crippen LogP contribution in [0.4, 0.5) is 0 Å². The number of nitrogens with zero attached hydrogens (tertiary/aromatic N) is 4. The van der Waals surface area contributed by atoms with Gasteiger partial charge in [0.25, 0.3) is 0 Å². The molecule has 0 aliphatic heterocycles. The molecule has 0 saturated carbocycles. The van der Waals surface area contributed by atoms with E-state index in [9.17, 15) is 0 Å². The maximum atomic E-state index is 5.43. The third kappa shape index (κ3) is 5.09. The average Bonchev–Trinajstić information content (AvgIpc) is 3.20. The van der Waals surface area contributed by atoms with Gasteiger partial charge in [-0.15, -0.1) is 0 Å². The Labute approximate surface area is 161 Å². The molecule has 2 aromatic rings. The van der Waals surface area contributed by atoms with Crippen molar-refractivity contribution in [3.8, 4) is 0 Å². The van der Waals surface area contributed by atoms with Crippen LogP contribution < -0.4 is 10.6 Å². The number of hydrogen-bond donors (Lipinski definition) is 2. The lowest BCUT2D eigenvalue weighted by molar-refractivity contribution is 0.182. The molecule has 0 fully saturated rings. The van der Waals surface area contributed by atoms with E-state index in [1.54, 1.807) is 14.2 Å². The Bertz CT molecular complexity index is 741. The molecule has 0 unspecified atom stereocenters. The highest BCUT2D eigenvalue weighted by Crippen LogP contribution is 2.16. The molecule has 150 valence electrons. The van der Waals surface area contributed by atoms with Crippen LogP contribution in [0, 0.1) is 13.8 Å². The van der Waals surface area contributed by atoms with Crippen molar-refractivity contribution in [1.82, 2.24) is 25.6 Å². The van der Waals surface area contributed by atoms with Gasteiger partial charge in [0, 0.05) is 50.5 Å². The molecular formula is C19H32N6O2. The number of rotatable bonds is 9. The van der Waals surface area contributed by atoms with Gasteiger partial charge in [0.1, 0.15) is 5.76 Å². The Morgan fingerprint density at radius 2 is 1.85 bits per heavy atom. The molecule has 0 aliphatic rings. The minimum Gasteiger partial charge on any atom is -0.383 e. The minimum atomic E-state index is 0.639. The topological polar surface area (TPSA) is 89.5 Å². The van der Waals surface area contributed by atoms with E-state index >= 15 is 0 Å². The van der Waals surface area contributed by atoms with Gasteiger partial charge >= 0.3 is 0 Å². The lowest BCUT2D eigenvalue weighted by atomic mass is 10.1. The number of ether oxygens (including phenoxy) is 1. The first-order valence-electron chi connectivity index (χ1n) is 9.48. The lowest BCUT2D eigenvalue weighted by Gasteiger charge is -2.12. The Morgan fingerprint density at radius 1 is 1.15 bits per heavy atom. The van der Waals surface area contributed by atoms with Crippen LogP contribution in [0.15, 0.2) is 9.52 Å². The van der Waals surface area contributed by atoms with E-state index in [4.69, 9.17) is 9.26 Å². The molecule has 0 bridgehead atoms. The third-order valence-electron chi connectivity index (χ3n) is 4.73. The lowest BCUT2D eigenvalue weighted by Crippen LogP contribution is -2.36. The molecular weight excluding hydrogens is 344 g/mol. The molecule has 2 rings (SSSR count). The summed E-state index contributed by atoms with van der Waals surface area (Å²) >= 11 is 0. The van der Waals surface area contributed by atoms with Crippen LogP contribution in [-0.2, 0) is 37.2 Å². The second-order valence-corrected chi connectivity index (χ2v) is 6.38. The summed E-state index contributed by atoms with van der Waals surface area (Å²) in [5, 5.41) is 15.5. The zero-order valence-corrected chi connectivity index (χ0v) is 17.3. The summed E-state index contributed by atoms with van der Waals surface area (Å²) < 4.78 is 12.6. The summed E-state index contributed by atoms with van der Waals surface area (Å²) in [4.78, 5) is 4.33. The monoisotopic (exact) mass is 376 g/mol. The SMILES string of the molecule is CCc1noc(CC)c1CNC(=NC)NCc1c(C)nn(CCOC)c1C. The van der Waals surface area contributed by atoms with E-state index in [1.165, 1.54) is 5.56 Å². The zero-order valence-electron chi connectivity index (χ0n) is 17.3. The highest BCUT2D eigenvalue weighted by Gasteiger charge is 2.15. The van der Waals surface area contributed by atoms with Gasteiger partial charge in [0.2, 0.25) is 0 Å². The van der Waals surface area contributed by atoms with Gasteiger partial charge in [0.05, 0.1) is 24.5 Å². The van der Waals surface area contributed by atoms with E-state index in [0.29, 0.717) is 19.7 Å². The van der Waals surface area contributed by atoms with Crippen LogP contribution in [0.5, 0.6) is 0 Å². The Hall–Kier alpha value is -2.35. The summed E-state index contributed by atoms with van der Waals surface area (Å²) in [6, 6.07) is 0. The van der Waals surface area contributed by atoms with Crippen molar-refractivity contribution in [2.75, 3.05) is 20.8 Å². The van der Waals surface area contributed by atoms with Gasteiger partial charge in [-0.2, -0.15) is 5.10 Å². The summed E-state index contributed by atoms with van der Waals surface area (Å²) in [7, 11) is 3.47. The number of aliphatic imine (C=N–C) groups is 1. The Kier molecular flexibility index (Phi) is 7.84. The molecule has 2 aromatic heterocycles. The average molecular weight is 377 g/mol. The highest BCUT2D eigenvalue weighted by molar-refractivity contribution is 5.79. The summed E-state index contributed by atoms with van der Waals surface area (Å²) in [6.07, 6.45) is 1.68. The van der Waals surface area contributed by atoms with E-state index in [2.05, 4.69) is 46.7 Å². The van der Waals surface area contributed by atoms with E-state index in [1.807, 2.05) is 11.6 Å². The molecule has 0 aliphatic carbocycles. The molecule has 0 atom stereocenters. The molecule has 8 nitrogen and oxygen atoms in total. The summed E-state index contributed by atoms with van der Waals surface area (Å²) in [6.45, 7) is 11.0. The fourth-order valence-electron chi connectivity index (χ4n) is 3.09. The standard InChI is InChI=1S/C19H32N6O2/c1-7-17-16(18(8-2)27-24-17)12-22-19(20-5)21-11-15-13(3)23-25(14(15)4)9-10-26-6/h7-12H2,1-6H3,(H2,20,21,22). The van der Waals surface area contributed by atoms with Crippen molar-refractivity contribution in [3.63, 3.8) is 0 Å². The van der Waals surface area contributed by atoms with Crippen molar-refractivity contribution in [2.24, 2.45) is 4.99 Å². The molecule has 0 saturated heterocycles. The van der Waals surface area contributed by atoms with E-state index in [0.717, 1.165) is 53.8 Å². The summed E-state index contributed by atoms with van der Waals surface area (Å²) in [5.74, 6) is 1.67. The second kappa shape index (κ2) is 10.1. The van der Waals surface area contributed by atoms with Gasteiger partial charge in [-0.25, -0.2) is 0 Å². The first-order chi connectivity index (χ1) is 13.0. The molecule has 8 heteroatoms. The van der Waals surface area contributed by atoms with Crippen molar-refractivity contribution in [1.29, 1.82) is 0 Å². The number of aromatic nitrogens is 3. The maximum Gasteiger partial charge on any atom is 0.191 e. The third-order valence-corrected chi connectivity index (χ3v) is 4.73. The van der Waals surface area contributed by atoms with Gasteiger partial charge < -0.3 is 19.9 Å². The first kappa shape index (κ1) is 21.0. The van der Waals surface area contributed by atoms with Crippen LogP contribution in [-0.4, -0.2) is 41.7 Å². The highest BCUT2D eigenvalue weighted by atomic mass is 16.5. The van der Waals surface area contributed by atoms with Crippen LogP contribution in [0.3, 0.4) is 0 Å². The van der Waals surface area contributed by atoms with Gasteiger partial charge in [-0.1, -0.05) is 19.0 Å². The van der Waals surface area contributed by atoms with Crippen LogP contribution in [0.1, 0.15) is 47.8 Å². The van der Waals surface area contributed by atoms with Crippen LogP contribution in [0.2, 0.25) is 0 Å². The number of methoxy groups -OCH3 is 1. The molecule has 2 N–H and O–H groups in total. The fraction of sp³-hybridized carbons (Fsp3) is 0.632. The molecule has 2 heterocycles. The van der Waals surface area contributed by atoms with Crippen molar-refractivity contribution in [2.45, 2.75) is 60.2 Å². The normalized spacial score (nSPS) is 11.9. The maximum absolute atomic E-state index is 5.43. The number of hydrogen-bond acceptors (Lipinski definition) is 5. The predicted octanol–water partition coefficient (Wildman–Crippen LogP) is 2.12. The van der Waals surface area contributed by atoms with Crippen molar-refractivity contribution >= 4 is 5.96 Å². The van der Waals surface area contributed by atoms with Gasteiger partial charge in [-0.05, 0) is 20.3 Å². The number of guanidine groups is 1. The molecule has 0 radical (unpaired) electrons. The largest absolute Gasteiger partial charge is 0.383 e. The molecule has 27 heavy (non-hydrogen) atoms. The Morgan fingerprint density at radius 3 is 2.44 bits per heavy atom. The summed E-state index contributed by atoms with van der Waals surface area (Å²) in [5.41, 5.74) is 5.48. The zero-order chi connectivity index (χ0) is 19.8. The second-order valence-electron chi connectivity index (χ2n) is 6.38. The fourth-order valence-corrected chi connectivity index (χ4v) is 3.09. The van der Waals surface area contributed by atoms with E-state index < -0.39 is 0 Å². The molecule has 0 amide bonds. The van der Waals surface area contributed by atoms with Gasteiger partial charge in [0.15, 0.2) is 5.96 Å². The first-order valence-corrected chi connectivity index (χ1v) is 9.48. The minimum absolute atomic E-state index is 0.639. The van der Waals surface area contributed by atoms with Crippen LogP contribution >= 0.6 is 0 Å². The molecule has 0 spiro atoms. The van der Waals surface area contributed by atoms with Gasteiger partial charge in [-0.3, -0.25) is 9.67 Å². The smallest absolute Gasteiger partial charge is 0.191 e. The number of nitrogens with one attached hydrogen (secondary N) is 2. The van der Waals surface area contributed by atoms with Crippen LogP contribution in [0.25, 0.3) is 0 Å². The predicted molar refractivity (Wildman–Crippen MR) is 106 cm³/mol.